The highest BCUT2D eigenvalue weighted by Crippen LogP contribution is 2.25. The van der Waals surface area contributed by atoms with Crippen molar-refractivity contribution in [2.75, 3.05) is 0 Å². The first-order valence-electron chi connectivity index (χ1n) is 9.98. The minimum Gasteiger partial charge on any atom is -0.481 e. The zero-order valence-corrected chi connectivity index (χ0v) is 16.6. The summed E-state index contributed by atoms with van der Waals surface area (Å²) < 4.78 is 5.72. The lowest BCUT2D eigenvalue weighted by Gasteiger charge is -2.16. The van der Waals surface area contributed by atoms with Crippen molar-refractivity contribution < 1.29 is 30.0 Å². The average Bonchev–Trinajstić information content (AvgIpc) is 3.03. The summed E-state index contributed by atoms with van der Waals surface area (Å²) in [6.45, 7) is 2.03. The maximum atomic E-state index is 10.4. The molecule has 0 radical (unpaired) electrons. The minimum atomic E-state index is -0.807. The van der Waals surface area contributed by atoms with Crippen molar-refractivity contribution in [1.29, 1.82) is 0 Å². The van der Waals surface area contributed by atoms with Gasteiger partial charge in [0.25, 0.3) is 0 Å². The lowest BCUT2D eigenvalue weighted by molar-refractivity contribution is -0.136. The molecule has 1 saturated heterocycles. The van der Waals surface area contributed by atoms with Gasteiger partial charge < -0.3 is 25.2 Å². The Morgan fingerprint density at radius 2 is 1.82 bits per heavy atom. The zero-order chi connectivity index (χ0) is 20.8. The van der Waals surface area contributed by atoms with Crippen molar-refractivity contribution in [3.8, 4) is 0 Å². The standard InChI is InChI=1S/C22H34O6/c1-2-3-8-11-17(23)14-15-20-19(25)16-21(28-20)18(24)12-9-6-4-5-7-10-13-22(26)27/h3,5-9,14-15,17-21,23-25H,2,4,10-13,16H2,1H3,(H,26,27)/b7-5-,8-3-,9-6-,15-14+/t17-,18-,19+,20+,21+/m0/s1. The number of aliphatic hydroxyl groups excluding tert-OH is 3. The molecule has 28 heavy (non-hydrogen) atoms. The Labute approximate surface area is 167 Å². The van der Waals surface area contributed by atoms with Crippen molar-refractivity contribution in [2.45, 2.75) is 82.4 Å². The van der Waals surface area contributed by atoms with Gasteiger partial charge in [-0.15, -0.1) is 0 Å². The Bertz CT molecular complexity index is 551. The smallest absolute Gasteiger partial charge is 0.303 e. The second kappa shape index (κ2) is 14.3. The molecule has 0 spiro atoms. The van der Waals surface area contributed by atoms with Crippen LogP contribution in [0.5, 0.6) is 0 Å². The zero-order valence-electron chi connectivity index (χ0n) is 16.6. The number of aliphatic carboxylic acids is 1. The van der Waals surface area contributed by atoms with Crippen molar-refractivity contribution in [2.24, 2.45) is 0 Å². The molecule has 0 saturated carbocycles. The van der Waals surface area contributed by atoms with Gasteiger partial charge in [-0.25, -0.2) is 0 Å². The number of carbonyl (C=O) groups is 1. The second-order valence-corrected chi connectivity index (χ2v) is 6.92. The molecule has 6 heteroatoms. The third-order valence-corrected chi connectivity index (χ3v) is 4.42. The molecular weight excluding hydrogens is 360 g/mol. The molecule has 0 aromatic rings. The van der Waals surface area contributed by atoms with E-state index in [0.29, 0.717) is 32.1 Å². The number of allylic oxidation sites excluding steroid dienone is 4. The SMILES string of the molecule is CC/C=C\C[C@H](O)/C=C/[C@H]1O[C@@H]([C@@H](O)C/C=C\C/C=C\CCC(=O)O)C[C@H]1O. The molecule has 1 aliphatic rings. The van der Waals surface area contributed by atoms with Gasteiger partial charge in [0, 0.05) is 12.8 Å². The van der Waals surface area contributed by atoms with Gasteiger partial charge in [-0.2, -0.15) is 0 Å². The van der Waals surface area contributed by atoms with Crippen LogP contribution < -0.4 is 0 Å². The number of aliphatic hydroxyl groups is 3. The van der Waals surface area contributed by atoms with Crippen molar-refractivity contribution >= 4 is 5.97 Å². The van der Waals surface area contributed by atoms with E-state index >= 15 is 0 Å². The van der Waals surface area contributed by atoms with E-state index in [2.05, 4.69) is 0 Å². The van der Waals surface area contributed by atoms with Gasteiger partial charge in [0.15, 0.2) is 0 Å². The number of rotatable bonds is 13. The molecule has 1 fully saturated rings. The molecule has 1 rings (SSSR count). The molecule has 0 aliphatic carbocycles. The third-order valence-electron chi connectivity index (χ3n) is 4.42. The molecule has 4 N–H and O–H groups in total. The highest BCUT2D eigenvalue weighted by molar-refractivity contribution is 5.66. The molecule has 0 amide bonds. The molecular formula is C22H34O6. The van der Waals surface area contributed by atoms with Gasteiger partial charge in [-0.05, 0) is 32.1 Å². The van der Waals surface area contributed by atoms with Crippen molar-refractivity contribution in [3.63, 3.8) is 0 Å². The van der Waals surface area contributed by atoms with Crippen LogP contribution in [0.2, 0.25) is 0 Å². The van der Waals surface area contributed by atoms with E-state index in [4.69, 9.17) is 9.84 Å². The lowest BCUT2D eigenvalue weighted by atomic mass is 10.0. The van der Waals surface area contributed by atoms with Gasteiger partial charge in [0.1, 0.15) is 6.10 Å². The second-order valence-electron chi connectivity index (χ2n) is 6.92. The van der Waals surface area contributed by atoms with Gasteiger partial charge in [-0.1, -0.05) is 55.5 Å². The molecule has 0 unspecified atom stereocenters. The quantitative estimate of drug-likeness (QED) is 0.358. The molecule has 1 aliphatic heterocycles. The molecule has 1 heterocycles. The average molecular weight is 395 g/mol. The number of ether oxygens (including phenoxy) is 1. The first-order valence-corrected chi connectivity index (χ1v) is 9.98. The summed E-state index contributed by atoms with van der Waals surface area (Å²) in [6.07, 6.45) is 15.2. The highest BCUT2D eigenvalue weighted by atomic mass is 16.5. The summed E-state index contributed by atoms with van der Waals surface area (Å²) in [5, 5.41) is 38.8. The third kappa shape index (κ3) is 10.6. The van der Waals surface area contributed by atoms with Gasteiger partial charge in [0.2, 0.25) is 0 Å². The fourth-order valence-corrected chi connectivity index (χ4v) is 2.84. The molecule has 0 aromatic heterocycles. The summed E-state index contributed by atoms with van der Waals surface area (Å²) in [5.41, 5.74) is 0. The van der Waals surface area contributed by atoms with Crippen LogP contribution in [0.25, 0.3) is 0 Å². The fraction of sp³-hybridized carbons (Fsp3) is 0.591. The van der Waals surface area contributed by atoms with Crippen LogP contribution in [-0.4, -0.2) is 56.9 Å². The van der Waals surface area contributed by atoms with Crippen LogP contribution in [0.15, 0.2) is 48.6 Å². The summed E-state index contributed by atoms with van der Waals surface area (Å²) in [4.78, 5) is 10.4. The van der Waals surface area contributed by atoms with E-state index in [1.54, 1.807) is 12.2 Å². The first-order chi connectivity index (χ1) is 13.4. The van der Waals surface area contributed by atoms with E-state index in [1.807, 2.05) is 43.4 Å². The summed E-state index contributed by atoms with van der Waals surface area (Å²) in [5.74, 6) is -0.807. The van der Waals surface area contributed by atoms with Crippen molar-refractivity contribution in [1.82, 2.24) is 0 Å². The number of carboxylic acid groups (broad SMARTS) is 1. The topological polar surface area (TPSA) is 107 Å². The summed E-state index contributed by atoms with van der Waals surface area (Å²) >= 11 is 0. The van der Waals surface area contributed by atoms with Gasteiger partial charge in [0.05, 0.1) is 24.4 Å². The number of hydrogen-bond donors (Lipinski definition) is 4. The van der Waals surface area contributed by atoms with E-state index in [9.17, 15) is 20.1 Å². The van der Waals surface area contributed by atoms with E-state index in [1.165, 1.54) is 0 Å². The molecule has 5 atom stereocenters. The van der Waals surface area contributed by atoms with Crippen LogP contribution in [-0.2, 0) is 9.53 Å². The van der Waals surface area contributed by atoms with Gasteiger partial charge >= 0.3 is 5.97 Å². The van der Waals surface area contributed by atoms with Crippen LogP contribution in [0, 0.1) is 0 Å². The predicted octanol–water partition coefficient (Wildman–Crippen LogP) is 2.90. The number of hydrogen-bond acceptors (Lipinski definition) is 5. The maximum absolute atomic E-state index is 10.4. The maximum Gasteiger partial charge on any atom is 0.303 e. The predicted molar refractivity (Wildman–Crippen MR) is 109 cm³/mol. The molecule has 6 nitrogen and oxygen atoms in total. The Morgan fingerprint density at radius 3 is 2.54 bits per heavy atom. The van der Waals surface area contributed by atoms with E-state index in [0.717, 1.165) is 6.42 Å². The van der Waals surface area contributed by atoms with Crippen LogP contribution in [0.1, 0.15) is 51.9 Å². The largest absolute Gasteiger partial charge is 0.481 e. The molecule has 158 valence electrons. The Hall–Kier alpha value is -1.73. The Morgan fingerprint density at radius 1 is 1.11 bits per heavy atom. The summed E-state index contributed by atoms with van der Waals surface area (Å²) in [6, 6.07) is 0. The molecule has 0 bridgehead atoms. The lowest BCUT2D eigenvalue weighted by Crippen LogP contribution is -2.25. The van der Waals surface area contributed by atoms with Crippen LogP contribution >= 0.6 is 0 Å². The Balaban J connectivity index is 2.31. The Kier molecular flexibility index (Phi) is 12.4. The normalized spacial score (nSPS) is 25.5. The van der Waals surface area contributed by atoms with Crippen molar-refractivity contribution in [3.05, 3.63) is 48.6 Å². The molecule has 0 aromatic carbocycles. The minimum absolute atomic E-state index is 0.127. The first kappa shape index (κ1) is 24.3. The van der Waals surface area contributed by atoms with Gasteiger partial charge in [-0.3, -0.25) is 4.79 Å². The monoisotopic (exact) mass is 394 g/mol. The van der Waals surface area contributed by atoms with Crippen LogP contribution in [0.4, 0.5) is 0 Å². The summed E-state index contributed by atoms with van der Waals surface area (Å²) in [7, 11) is 0. The van der Waals surface area contributed by atoms with E-state index in [-0.39, 0.29) is 6.42 Å². The van der Waals surface area contributed by atoms with E-state index < -0.39 is 36.5 Å². The fourth-order valence-electron chi connectivity index (χ4n) is 2.84. The van der Waals surface area contributed by atoms with Crippen LogP contribution in [0.3, 0.4) is 0 Å². The highest BCUT2D eigenvalue weighted by Gasteiger charge is 2.35. The number of carboxylic acids is 1.